The fourth-order valence-electron chi connectivity index (χ4n) is 4.74. The Balaban J connectivity index is 1.45. The van der Waals surface area contributed by atoms with Crippen LogP contribution in [0, 0.1) is 5.41 Å². The molecular weight excluding hydrogens is 232 g/mol. The number of nitrogens with zero attached hydrogens (tertiary/aromatic N) is 1. The van der Waals surface area contributed by atoms with Crippen molar-refractivity contribution < 1.29 is 0 Å². The first kappa shape index (κ1) is 13.9. The number of likely N-dealkylation sites (tertiary alicyclic amines) is 1. The van der Waals surface area contributed by atoms with Crippen LogP contribution in [0.2, 0.25) is 0 Å². The summed E-state index contributed by atoms with van der Waals surface area (Å²) in [4.78, 5) is 2.65. The zero-order valence-electron chi connectivity index (χ0n) is 12.8. The van der Waals surface area contributed by atoms with Crippen molar-refractivity contribution in [2.75, 3.05) is 19.6 Å². The van der Waals surface area contributed by atoms with Crippen molar-refractivity contribution in [2.24, 2.45) is 5.41 Å². The average molecular weight is 264 g/mol. The predicted molar refractivity (Wildman–Crippen MR) is 81.4 cm³/mol. The minimum Gasteiger partial charge on any atom is -0.311 e. The first-order valence-corrected chi connectivity index (χ1v) is 8.81. The Morgan fingerprint density at radius 3 is 2.32 bits per heavy atom. The van der Waals surface area contributed by atoms with Crippen molar-refractivity contribution in [2.45, 2.75) is 83.2 Å². The number of piperidine rings is 1. The van der Waals surface area contributed by atoms with E-state index in [9.17, 15) is 0 Å². The van der Waals surface area contributed by atoms with Crippen LogP contribution >= 0.6 is 0 Å². The number of hydrogen-bond donors (Lipinski definition) is 1. The average Bonchev–Trinajstić information content (AvgIpc) is 2.46. The van der Waals surface area contributed by atoms with Crippen LogP contribution in [0.15, 0.2) is 0 Å². The van der Waals surface area contributed by atoms with E-state index < -0.39 is 0 Å². The Morgan fingerprint density at radius 2 is 1.74 bits per heavy atom. The van der Waals surface area contributed by atoms with E-state index in [1.807, 2.05) is 0 Å². The minimum atomic E-state index is 0.735. The lowest BCUT2D eigenvalue weighted by Crippen LogP contribution is -2.58. The molecular formula is C17H32N2. The molecule has 2 saturated carbocycles. The fraction of sp³-hybridized carbons (Fsp3) is 1.00. The van der Waals surface area contributed by atoms with Crippen molar-refractivity contribution in [3.63, 3.8) is 0 Å². The summed E-state index contributed by atoms with van der Waals surface area (Å²) in [6.07, 6.45) is 14.5. The molecule has 1 heterocycles. The lowest BCUT2D eigenvalue weighted by molar-refractivity contribution is 0.0109. The Bertz CT molecular complexity index is 275. The van der Waals surface area contributed by atoms with Gasteiger partial charge in [-0.05, 0) is 70.0 Å². The molecule has 3 fully saturated rings. The van der Waals surface area contributed by atoms with Gasteiger partial charge in [0.15, 0.2) is 0 Å². The first-order valence-electron chi connectivity index (χ1n) is 8.81. The van der Waals surface area contributed by atoms with E-state index in [1.54, 1.807) is 0 Å². The minimum absolute atomic E-state index is 0.735. The maximum atomic E-state index is 4.05. The summed E-state index contributed by atoms with van der Waals surface area (Å²) in [5, 5.41) is 4.05. The van der Waals surface area contributed by atoms with Crippen molar-refractivity contribution in [1.82, 2.24) is 10.2 Å². The molecule has 110 valence electrons. The van der Waals surface area contributed by atoms with E-state index >= 15 is 0 Å². The summed E-state index contributed by atoms with van der Waals surface area (Å²) in [5.74, 6) is 0. The quantitative estimate of drug-likeness (QED) is 0.835. The van der Waals surface area contributed by atoms with Crippen LogP contribution in [0.3, 0.4) is 0 Å². The lowest BCUT2D eigenvalue weighted by atomic mass is 9.57. The van der Waals surface area contributed by atoms with Gasteiger partial charge in [0.2, 0.25) is 0 Å². The maximum Gasteiger partial charge on any atom is 0.0126 e. The zero-order valence-corrected chi connectivity index (χ0v) is 12.8. The first-order chi connectivity index (χ1) is 9.32. The van der Waals surface area contributed by atoms with Gasteiger partial charge in [0.25, 0.3) is 0 Å². The standard InChI is InChI=1S/C17H32N2/c1-2-12-19-13-7-15(8-14-19)18-16-6-11-17(16)9-4-3-5-10-17/h15-16,18H,2-14H2,1H3. The molecule has 1 spiro atoms. The second-order valence-electron chi connectivity index (χ2n) is 7.30. The molecule has 1 unspecified atom stereocenters. The smallest absolute Gasteiger partial charge is 0.0126 e. The van der Waals surface area contributed by atoms with Gasteiger partial charge in [-0.25, -0.2) is 0 Å². The van der Waals surface area contributed by atoms with E-state index in [4.69, 9.17) is 0 Å². The molecule has 1 saturated heterocycles. The summed E-state index contributed by atoms with van der Waals surface area (Å²) >= 11 is 0. The molecule has 0 aromatic rings. The fourth-order valence-corrected chi connectivity index (χ4v) is 4.74. The number of rotatable bonds is 4. The van der Waals surface area contributed by atoms with Gasteiger partial charge in [-0.2, -0.15) is 0 Å². The summed E-state index contributed by atoms with van der Waals surface area (Å²) < 4.78 is 0. The highest BCUT2D eigenvalue weighted by atomic mass is 15.1. The van der Waals surface area contributed by atoms with Gasteiger partial charge in [-0.15, -0.1) is 0 Å². The van der Waals surface area contributed by atoms with Gasteiger partial charge in [-0.3, -0.25) is 0 Å². The topological polar surface area (TPSA) is 15.3 Å². The lowest BCUT2D eigenvalue weighted by Gasteiger charge is -2.54. The zero-order chi connectivity index (χ0) is 13.1. The predicted octanol–water partition coefficient (Wildman–Crippen LogP) is 3.56. The summed E-state index contributed by atoms with van der Waals surface area (Å²) in [6.45, 7) is 6.25. The third-order valence-corrected chi connectivity index (χ3v) is 6.08. The summed E-state index contributed by atoms with van der Waals surface area (Å²) in [7, 11) is 0. The highest BCUT2D eigenvalue weighted by Gasteiger charge is 2.47. The molecule has 1 N–H and O–H groups in total. The van der Waals surface area contributed by atoms with Gasteiger partial charge >= 0.3 is 0 Å². The number of nitrogens with one attached hydrogen (secondary N) is 1. The van der Waals surface area contributed by atoms with Gasteiger partial charge in [0.05, 0.1) is 0 Å². The molecule has 2 nitrogen and oxygen atoms in total. The molecule has 2 aliphatic carbocycles. The van der Waals surface area contributed by atoms with E-state index in [0.717, 1.165) is 17.5 Å². The summed E-state index contributed by atoms with van der Waals surface area (Å²) in [5.41, 5.74) is 0.735. The molecule has 0 bridgehead atoms. The van der Waals surface area contributed by atoms with Crippen LogP contribution in [-0.4, -0.2) is 36.6 Å². The van der Waals surface area contributed by atoms with E-state index in [1.165, 1.54) is 83.8 Å². The van der Waals surface area contributed by atoms with Crippen LogP contribution in [0.5, 0.6) is 0 Å². The van der Waals surface area contributed by atoms with Crippen LogP contribution in [-0.2, 0) is 0 Å². The largest absolute Gasteiger partial charge is 0.311 e. The van der Waals surface area contributed by atoms with Gasteiger partial charge in [-0.1, -0.05) is 26.2 Å². The second kappa shape index (κ2) is 6.13. The molecule has 1 aliphatic heterocycles. The van der Waals surface area contributed by atoms with Gasteiger partial charge < -0.3 is 10.2 Å². The summed E-state index contributed by atoms with van der Waals surface area (Å²) in [6, 6.07) is 1.69. The molecule has 0 amide bonds. The number of hydrogen-bond acceptors (Lipinski definition) is 2. The maximum absolute atomic E-state index is 4.05. The molecule has 3 aliphatic rings. The highest BCUT2D eigenvalue weighted by molar-refractivity contribution is 5.02. The Kier molecular flexibility index (Phi) is 4.48. The van der Waals surface area contributed by atoms with E-state index in [2.05, 4.69) is 17.1 Å². The molecule has 0 aromatic carbocycles. The molecule has 2 heteroatoms. The van der Waals surface area contributed by atoms with Gasteiger partial charge in [0.1, 0.15) is 0 Å². The normalized spacial score (nSPS) is 32.4. The SMILES string of the molecule is CCCN1CCC(NC2CCC23CCCCC3)CC1. The monoisotopic (exact) mass is 264 g/mol. The van der Waals surface area contributed by atoms with Crippen LogP contribution in [0.4, 0.5) is 0 Å². The van der Waals surface area contributed by atoms with Gasteiger partial charge in [0, 0.05) is 12.1 Å². The van der Waals surface area contributed by atoms with Crippen LogP contribution in [0.25, 0.3) is 0 Å². The molecule has 0 radical (unpaired) electrons. The Morgan fingerprint density at radius 1 is 1.00 bits per heavy atom. The van der Waals surface area contributed by atoms with Crippen molar-refractivity contribution in [3.05, 3.63) is 0 Å². The second-order valence-corrected chi connectivity index (χ2v) is 7.30. The van der Waals surface area contributed by atoms with Crippen LogP contribution < -0.4 is 5.32 Å². The van der Waals surface area contributed by atoms with E-state index in [-0.39, 0.29) is 0 Å². The van der Waals surface area contributed by atoms with Crippen molar-refractivity contribution in [1.29, 1.82) is 0 Å². The highest BCUT2D eigenvalue weighted by Crippen LogP contribution is 2.51. The van der Waals surface area contributed by atoms with Crippen molar-refractivity contribution in [3.8, 4) is 0 Å². The third-order valence-electron chi connectivity index (χ3n) is 6.08. The Hall–Kier alpha value is -0.0800. The molecule has 1 atom stereocenters. The van der Waals surface area contributed by atoms with Crippen LogP contribution in [0.1, 0.15) is 71.1 Å². The van der Waals surface area contributed by atoms with E-state index in [0.29, 0.717) is 0 Å². The third kappa shape index (κ3) is 3.00. The molecule has 0 aromatic heterocycles. The molecule has 3 rings (SSSR count). The Labute approximate surface area is 119 Å². The van der Waals surface area contributed by atoms with Crippen molar-refractivity contribution >= 4 is 0 Å². The molecule has 19 heavy (non-hydrogen) atoms.